The number of anilines is 1. The highest BCUT2D eigenvalue weighted by atomic mass is 32.2. The Balaban J connectivity index is 2.01. The Labute approximate surface area is 128 Å². The van der Waals surface area contributed by atoms with Crippen LogP contribution in [0.3, 0.4) is 0 Å². The monoisotopic (exact) mass is 341 g/mol. The molecular weight excluding hydrogens is 332 g/mol. The molecule has 2 aromatic carbocycles. The molecule has 10 heteroatoms. The first-order chi connectivity index (χ1) is 11.0. The van der Waals surface area contributed by atoms with Crippen LogP contribution in [-0.4, -0.2) is 25.3 Å². The Morgan fingerprint density at radius 3 is 2.65 bits per heavy atom. The van der Waals surface area contributed by atoms with Crippen molar-refractivity contribution in [3.05, 3.63) is 42.5 Å². The number of nitrogens with one attached hydrogen (secondary N) is 1. The molecule has 1 N–H and O–H groups in total. The van der Waals surface area contributed by atoms with Crippen LogP contribution >= 0.6 is 0 Å². The summed E-state index contributed by atoms with van der Waals surface area (Å²) in [5.41, 5.74) is 0.165. The lowest BCUT2D eigenvalue weighted by Gasteiger charge is -2.12. The van der Waals surface area contributed by atoms with Crippen molar-refractivity contribution in [1.29, 1.82) is 0 Å². The van der Waals surface area contributed by atoms with E-state index in [-0.39, 0.29) is 27.4 Å². The lowest BCUT2D eigenvalue weighted by Crippen LogP contribution is -2.15. The molecule has 0 radical (unpaired) electrons. The van der Waals surface area contributed by atoms with Crippen LogP contribution in [0.5, 0.6) is 5.75 Å². The minimum atomic E-state index is -4.11. The lowest BCUT2D eigenvalue weighted by atomic mass is 10.3. The topological polar surface area (TPSA) is 94.3 Å². The smallest absolute Gasteiger partial charge is 0.387 e. The van der Waals surface area contributed by atoms with Gasteiger partial charge in [-0.25, -0.2) is 13.0 Å². The molecule has 1 aromatic heterocycles. The van der Waals surface area contributed by atoms with Gasteiger partial charge in [0.15, 0.2) is 5.52 Å². The molecule has 120 valence electrons. The van der Waals surface area contributed by atoms with Crippen molar-refractivity contribution in [3.8, 4) is 5.75 Å². The minimum absolute atomic E-state index is 0.0345. The summed E-state index contributed by atoms with van der Waals surface area (Å²) in [6.45, 7) is -3.08. The summed E-state index contributed by atoms with van der Waals surface area (Å²) < 4.78 is 60.8. The van der Waals surface area contributed by atoms with Gasteiger partial charge in [0.2, 0.25) is 0 Å². The van der Waals surface area contributed by atoms with Gasteiger partial charge in [0.1, 0.15) is 16.2 Å². The fourth-order valence-electron chi connectivity index (χ4n) is 1.95. The summed E-state index contributed by atoms with van der Waals surface area (Å²) in [6.07, 6.45) is 0. The molecule has 0 atom stereocenters. The van der Waals surface area contributed by atoms with Crippen molar-refractivity contribution in [1.82, 2.24) is 10.3 Å². The average Bonchev–Trinajstić information content (AvgIpc) is 2.96. The molecule has 0 aliphatic carbocycles. The van der Waals surface area contributed by atoms with Crippen LogP contribution in [-0.2, 0) is 10.0 Å². The number of ether oxygens (including phenoxy) is 1. The fraction of sp³-hybridized carbons (Fsp3) is 0.0769. The third-order valence-electron chi connectivity index (χ3n) is 2.89. The van der Waals surface area contributed by atoms with Gasteiger partial charge in [-0.15, -0.1) is 0 Å². The van der Waals surface area contributed by atoms with E-state index < -0.39 is 16.6 Å². The zero-order valence-corrected chi connectivity index (χ0v) is 12.1. The lowest BCUT2D eigenvalue weighted by molar-refractivity contribution is -0.0493. The normalized spacial score (nSPS) is 11.8. The first-order valence-corrected chi connectivity index (χ1v) is 7.73. The maximum absolute atomic E-state index is 12.5. The van der Waals surface area contributed by atoms with Crippen molar-refractivity contribution in [2.45, 2.75) is 11.5 Å². The fourth-order valence-corrected chi connectivity index (χ4v) is 3.17. The van der Waals surface area contributed by atoms with Gasteiger partial charge in [-0.05, 0) is 34.6 Å². The quantitative estimate of drug-likeness (QED) is 0.767. The Kier molecular flexibility index (Phi) is 3.82. The number of halogens is 2. The van der Waals surface area contributed by atoms with E-state index in [1.807, 2.05) is 0 Å². The number of hydrogen-bond acceptors (Lipinski definition) is 6. The van der Waals surface area contributed by atoms with E-state index in [2.05, 4.69) is 24.4 Å². The highest BCUT2D eigenvalue weighted by Gasteiger charge is 2.22. The van der Waals surface area contributed by atoms with Crippen molar-refractivity contribution in [2.24, 2.45) is 0 Å². The second-order valence-corrected chi connectivity index (χ2v) is 6.02. The molecule has 0 aliphatic heterocycles. The number of para-hydroxylation sites is 2. The van der Waals surface area contributed by atoms with Crippen LogP contribution < -0.4 is 9.46 Å². The van der Waals surface area contributed by atoms with E-state index in [1.54, 1.807) is 0 Å². The summed E-state index contributed by atoms with van der Waals surface area (Å²) in [6, 6.07) is 9.73. The Hall–Kier alpha value is -2.75. The molecule has 23 heavy (non-hydrogen) atoms. The van der Waals surface area contributed by atoms with Crippen molar-refractivity contribution < 1.29 is 26.6 Å². The first kappa shape index (κ1) is 15.2. The van der Waals surface area contributed by atoms with Gasteiger partial charge in [0, 0.05) is 0 Å². The molecule has 0 unspecified atom stereocenters. The van der Waals surface area contributed by atoms with Crippen LogP contribution in [0.4, 0.5) is 14.5 Å². The molecule has 7 nitrogen and oxygen atoms in total. The summed E-state index contributed by atoms with van der Waals surface area (Å²) in [4.78, 5) is -0.192. The number of rotatable bonds is 5. The largest absolute Gasteiger partial charge is 0.433 e. The van der Waals surface area contributed by atoms with Crippen LogP contribution in [0.1, 0.15) is 0 Å². The molecule has 1 heterocycles. The van der Waals surface area contributed by atoms with Crippen molar-refractivity contribution in [2.75, 3.05) is 4.72 Å². The van der Waals surface area contributed by atoms with Gasteiger partial charge in [-0.3, -0.25) is 4.72 Å². The van der Waals surface area contributed by atoms with Gasteiger partial charge in [0.05, 0.1) is 5.69 Å². The number of nitrogens with zero attached hydrogens (tertiary/aromatic N) is 2. The SMILES string of the molecule is O=S(=O)(Nc1ccccc1OC(F)F)c1cccc2nonc12. The number of hydrogen-bond donors (Lipinski definition) is 1. The molecule has 0 spiro atoms. The average molecular weight is 341 g/mol. The number of sulfonamides is 1. The number of benzene rings is 2. The predicted octanol–water partition coefficient (Wildman–Crippen LogP) is 2.63. The number of fused-ring (bicyclic) bond motifs is 1. The van der Waals surface area contributed by atoms with Gasteiger partial charge < -0.3 is 4.74 Å². The van der Waals surface area contributed by atoms with Gasteiger partial charge in [-0.2, -0.15) is 8.78 Å². The second kappa shape index (κ2) is 5.80. The number of aromatic nitrogens is 2. The molecule has 3 rings (SSSR count). The second-order valence-electron chi connectivity index (χ2n) is 4.37. The Bertz CT molecular complexity index is 943. The highest BCUT2D eigenvalue weighted by molar-refractivity contribution is 7.93. The van der Waals surface area contributed by atoms with E-state index >= 15 is 0 Å². The zero-order chi connectivity index (χ0) is 16.4. The van der Waals surface area contributed by atoms with E-state index in [9.17, 15) is 17.2 Å². The molecule has 0 saturated carbocycles. The number of alkyl halides is 2. The van der Waals surface area contributed by atoms with Crippen molar-refractivity contribution in [3.63, 3.8) is 0 Å². The molecular formula is C13H9F2N3O4S. The van der Waals surface area contributed by atoms with E-state index in [0.717, 1.165) is 0 Å². The zero-order valence-electron chi connectivity index (χ0n) is 11.3. The highest BCUT2D eigenvalue weighted by Crippen LogP contribution is 2.29. The standard InChI is InChI=1S/C13H9F2N3O4S/c14-13(15)21-10-6-2-1-4-8(10)18-23(19,20)11-7-3-5-9-12(11)17-22-16-9/h1-7,13,18H. The predicted molar refractivity (Wildman–Crippen MR) is 75.7 cm³/mol. The van der Waals surface area contributed by atoms with E-state index in [1.165, 1.54) is 42.5 Å². The molecule has 0 bridgehead atoms. The molecule has 0 amide bonds. The molecule has 0 saturated heterocycles. The van der Waals surface area contributed by atoms with E-state index in [4.69, 9.17) is 0 Å². The minimum Gasteiger partial charge on any atom is -0.433 e. The van der Waals surface area contributed by atoms with Crippen LogP contribution in [0.2, 0.25) is 0 Å². The van der Waals surface area contributed by atoms with Gasteiger partial charge >= 0.3 is 6.61 Å². The van der Waals surface area contributed by atoms with Crippen molar-refractivity contribution >= 4 is 26.7 Å². The molecule has 0 aliphatic rings. The van der Waals surface area contributed by atoms with Gasteiger partial charge in [-0.1, -0.05) is 18.2 Å². The molecule has 3 aromatic rings. The summed E-state index contributed by atoms with van der Waals surface area (Å²) in [5, 5.41) is 7.10. The third kappa shape index (κ3) is 3.06. The van der Waals surface area contributed by atoms with Crippen LogP contribution in [0.25, 0.3) is 11.0 Å². The van der Waals surface area contributed by atoms with Gasteiger partial charge in [0.25, 0.3) is 10.0 Å². The summed E-state index contributed by atoms with van der Waals surface area (Å²) in [7, 11) is -4.11. The maximum atomic E-state index is 12.5. The Morgan fingerprint density at radius 1 is 1.09 bits per heavy atom. The van der Waals surface area contributed by atoms with Crippen LogP contribution in [0, 0.1) is 0 Å². The first-order valence-electron chi connectivity index (χ1n) is 6.25. The van der Waals surface area contributed by atoms with Crippen LogP contribution in [0.15, 0.2) is 52.0 Å². The summed E-state index contributed by atoms with van der Waals surface area (Å²) >= 11 is 0. The molecule has 0 fully saturated rings. The summed E-state index contributed by atoms with van der Waals surface area (Å²) in [5.74, 6) is -0.295. The maximum Gasteiger partial charge on any atom is 0.387 e. The van der Waals surface area contributed by atoms with E-state index in [0.29, 0.717) is 0 Å². The third-order valence-corrected chi connectivity index (χ3v) is 4.28. The Morgan fingerprint density at radius 2 is 1.87 bits per heavy atom.